The van der Waals surface area contributed by atoms with Gasteiger partial charge < -0.3 is 5.11 Å². The molecule has 0 aliphatic heterocycles. The molecule has 1 heterocycles. The van der Waals surface area contributed by atoms with E-state index in [0.717, 1.165) is 6.92 Å². The standard InChI is InChI=1S/C9H10F3NO/c1-8(14,6-9(10,11)12)7-3-2-4-13-5-7/h2-5,14H,6H2,1H3/t8-/m0/s1. The largest absolute Gasteiger partial charge is 0.392 e. The second-order valence-corrected chi connectivity index (χ2v) is 3.31. The van der Waals surface area contributed by atoms with Crippen molar-refractivity contribution in [2.75, 3.05) is 0 Å². The Morgan fingerprint density at radius 3 is 2.50 bits per heavy atom. The molecule has 1 rings (SSSR count). The van der Waals surface area contributed by atoms with Crippen LogP contribution in [0.25, 0.3) is 0 Å². The molecule has 14 heavy (non-hydrogen) atoms. The average molecular weight is 205 g/mol. The first kappa shape index (κ1) is 11.0. The lowest BCUT2D eigenvalue weighted by Crippen LogP contribution is -2.29. The van der Waals surface area contributed by atoms with Gasteiger partial charge in [0.2, 0.25) is 0 Å². The summed E-state index contributed by atoms with van der Waals surface area (Å²) < 4.78 is 36.2. The van der Waals surface area contributed by atoms with Crippen molar-refractivity contribution in [2.24, 2.45) is 0 Å². The van der Waals surface area contributed by atoms with Gasteiger partial charge in [-0.3, -0.25) is 4.98 Å². The Morgan fingerprint density at radius 1 is 1.43 bits per heavy atom. The molecule has 0 spiro atoms. The predicted octanol–water partition coefficient (Wildman–Crippen LogP) is 2.24. The number of halogens is 3. The van der Waals surface area contributed by atoms with Crippen molar-refractivity contribution >= 4 is 0 Å². The molecule has 78 valence electrons. The molecule has 0 unspecified atom stereocenters. The van der Waals surface area contributed by atoms with Gasteiger partial charge in [0.05, 0.1) is 12.0 Å². The van der Waals surface area contributed by atoms with Crippen molar-refractivity contribution < 1.29 is 18.3 Å². The Morgan fingerprint density at radius 2 is 2.07 bits per heavy atom. The molecule has 2 nitrogen and oxygen atoms in total. The monoisotopic (exact) mass is 205 g/mol. The molecule has 0 bridgehead atoms. The fraction of sp³-hybridized carbons (Fsp3) is 0.444. The minimum atomic E-state index is -4.39. The van der Waals surface area contributed by atoms with E-state index in [4.69, 9.17) is 0 Å². The minimum Gasteiger partial charge on any atom is -0.385 e. The van der Waals surface area contributed by atoms with Crippen molar-refractivity contribution in [3.05, 3.63) is 30.1 Å². The van der Waals surface area contributed by atoms with E-state index in [-0.39, 0.29) is 5.56 Å². The molecular formula is C9H10F3NO. The third kappa shape index (κ3) is 2.99. The topological polar surface area (TPSA) is 33.1 Å². The second-order valence-electron chi connectivity index (χ2n) is 3.31. The predicted molar refractivity (Wildman–Crippen MR) is 44.5 cm³/mol. The van der Waals surface area contributed by atoms with Gasteiger partial charge in [0.15, 0.2) is 0 Å². The molecule has 0 fully saturated rings. The first-order valence-electron chi connectivity index (χ1n) is 4.01. The highest BCUT2D eigenvalue weighted by molar-refractivity contribution is 5.17. The maximum Gasteiger partial charge on any atom is 0.392 e. The van der Waals surface area contributed by atoms with Crippen molar-refractivity contribution in [1.29, 1.82) is 0 Å². The van der Waals surface area contributed by atoms with Gasteiger partial charge in [-0.15, -0.1) is 0 Å². The van der Waals surface area contributed by atoms with Crippen LogP contribution in [0.3, 0.4) is 0 Å². The molecule has 0 radical (unpaired) electrons. The molecular weight excluding hydrogens is 195 g/mol. The summed E-state index contributed by atoms with van der Waals surface area (Å²) in [5.74, 6) is 0. The quantitative estimate of drug-likeness (QED) is 0.803. The maximum absolute atomic E-state index is 12.1. The highest BCUT2D eigenvalue weighted by Crippen LogP contribution is 2.33. The fourth-order valence-corrected chi connectivity index (χ4v) is 1.17. The number of aliphatic hydroxyl groups is 1. The number of alkyl halides is 3. The van der Waals surface area contributed by atoms with Crippen LogP contribution in [-0.2, 0) is 5.60 Å². The van der Waals surface area contributed by atoms with Gasteiger partial charge in [0.1, 0.15) is 0 Å². The summed E-state index contributed by atoms with van der Waals surface area (Å²) in [5.41, 5.74) is -1.75. The van der Waals surface area contributed by atoms with Crippen LogP contribution in [0.2, 0.25) is 0 Å². The van der Waals surface area contributed by atoms with Crippen molar-refractivity contribution in [3.63, 3.8) is 0 Å². The molecule has 5 heteroatoms. The summed E-state index contributed by atoms with van der Waals surface area (Å²) in [6, 6.07) is 2.90. The van der Waals surface area contributed by atoms with Crippen LogP contribution >= 0.6 is 0 Å². The van der Waals surface area contributed by atoms with E-state index in [9.17, 15) is 18.3 Å². The van der Waals surface area contributed by atoms with Gasteiger partial charge in [-0.25, -0.2) is 0 Å². The molecule has 1 aromatic rings. The Labute approximate surface area is 79.4 Å². The zero-order valence-electron chi connectivity index (χ0n) is 7.54. The normalized spacial score (nSPS) is 16.4. The van der Waals surface area contributed by atoms with Crippen LogP contribution in [0, 0.1) is 0 Å². The van der Waals surface area contributed by atoms with E-state index in [2.05, 4.69) is 4.98 Å². The molecule has 1 atom stereocenters. The van der Waals surface area contributed by atoms with E-state index in [1.807, 2.05) is 0 Å². The van der Waals surface area contributed by atoms with E-state index in [0.29, 0.717) is 0 Å². The summed E-state index contributed by atoms with van der Waals surface area (Å²) in [6.07, 6.45) is -3.00. The summed E-state index contributed by atoms with van der Waals surface area (Å²) in [7, 11) is 0. The van der Waals surface area contributed by atoms with Crippen molar-refractivity contribution in [2.45, 2.75) is 25.1 Å². The fourth-order valence-electron chi connectivity index (χ4n) is 1.17. The average Bonchev–Trinajstić information content (AvgIpc) is 2.01. The lowest BCUT2D eigenvalue weighted by Gasteiger charge is -2.24. The first-order chi connectivity index (χ1) is 6.31. The van der Waals surface area contributed by atoms with Gasteiger partial charge in [-0.05, 0) is 13.0 Å². The van der Waals surface area contributed by atoms with Crippen LogP contribution in [0.4, 0.5) is 13.2 Å². The van der Waals surface area contributed by atoms with Gasteiger partial charge in [-0.2, -0.15) is 13.2 Å². The van der Waals surface area contributed by atoms with Crippen LogP contribution in [0.15, 0.2) is 24.5 Å². The summed E-state index contributed by atoms with van der Waals surface area (Å²) in [4.78, 5) is 3.65. The van der Waals surface area contributed by atoms with Gasteiger partial charge in [-0.1, -0.05) is 6.07 Å². The highest BCUT2D eigenvalue weighted by Gasteiger charge is 2.39. The summed E-state index contributed by atoms with van der Waals surface area (Å²) in [6.45, 7) is 1.12. The Kier molecular flexibility index (Phi) is 2.80. The lowest BCUT2D eigenvalue weighted by atomic mass is 9.94. The minimum absolute atomic E-state index is 0.164. The van der Waals surface area contributed by atoms with E-state index < -0.39 is 18.2 Å². The van der Waals surface area contributed by atoms with Crippen LogP contribution in [0.1, 0.15) is 18.9 Å². The molecule has 0 aliphatic rings. The molecule has 0 saturated heterocycles. The number of pyridine rings is 1. The first-order valence-corrected chi connectivity index (χ1v) is 4.01. The van der Waals surface area contributed by atoms with Gasteiger partial charge in [0, 0.05) is 18.0 Å². The van der Waals surface area contributed by atoms with Gasteiger partial charge in [0.25, 0.3) is 0 Å². The summed E-state index contributed by atoms with van der Waals surface area (Å²) in [5, 5.41) is 9.56. The highest BCUT2D eigenvalue weighted by atomic mass is 19.4. The maximum atomic E-state index is 12.1. The van der Waals surface area contributed by atoms with Crippen molar-refractivity contribution in [3.8, 4) is 0 Å². The molecule has 1 aromatic heterocycles. The van der Waals surface area contributed by atoms with E-state index in [1.165, 1.54) is 24.5 Å². The zero-order chi connectivity index (χ0) is 10.8. The van der Waals surface area contributed by atoms with E-state index >= 15 is 0 Å². The number of aromatic nitrogens is 1. The summed E-state index contributed by atoms with van der Waals surface area (Å²) >= 11 is 0. The smallest absolute Gasteiger partial charge is 0.385 e. The Bertz CT molecular complexity index is 295. The number of nitrogens with zero attached hydrogens (tertiary/aromatic N) is 1. The molecule has 0 saturated carbocycles. The van der Waals surface area contributed by atoms with Crippen molar-refractivity contribution in [1.82, 2.24) is 4.98 Å². The van der Waals surface area contributed by atoms with E-state index in [1.54, 1.807) is 0 Å². The molecule has 0 amide bonds. The molecule has 1 N–H and O–H groups in total. The third-order valence-electron chi connectivity index (χ3n) is 1.83. The third-order valence-corrected chi connectivity index (χ3v) is 1.83. The van der Waals surface area contributed by atoms with Gasteiger partial charge >= 0.3 is 6.18 Å². The van der Waals surface area contributed by atoms with Crippen LogP contribution in [0.5, 0.6) is 0 Å². The SMILES string of the molecule is C[C@](O)(CC(F)(F)F)c1cccnc1. The Balaban J connectivity index is 2.86. The van der Waals surface area contributed by atoms with Crippen LogP contribution in [-0.4, -0.2) is 16.3 Å². The number of hydrogen-bond donors (Lipinski definition) is 1. The lowest BCUT2D eigenvalue weighted by molar-refractivity contribution is -0.174. The molecule has 0 aromatic carbocycles. The zero-order valence-corrected chi connectivity index (χ0v) is 7.54. The Hall–Kier alpha value is -1.10. The van der Waals surface area contributed by atoms with Crippen LogP contribution < -0.4 is 0 Å². The number of hydrogen-bond acceptors (Lipinski definition) is 2. The second kappa shape index (κ2) is 3.57. The molecule has 0 aliphatic carbocycles. The number of rotatable bonds is 2.